The van der Waals surface area contributed by atoms with Crippen LogP contribution in [0.1, 0.15) is 0 Å². The van der Waals surface area contributed by atoms with Gasteiger partial charge < -0.3 is 0 Å². The van der Waals surface area contributed by atoms with Gasteiger partial charge in [0.05, 0.1) is 0 Å². The summed E-state index contributed by atoms with van der Waals surface area (Å²) < 4.78 is 29.0. The summed E-state index contributed by atoms with van der Waals surface area (Å²) in [5.41, 5.74) is 0. The van der Waals surface area contributed by atoms with Gasteiger partial charge in [0.15, 0.2) is 0 Å². The van der Waals surface area contributed by atoms with Crippen molar-refractivity contribution in [1.29, 1.82) is 0 Å². The van der Waals surface area contributed by atoms with E-state index in [-0.39, 0.29) is 27.7 Å². The maximum Gasteiger partial charge on any atom is 0.762 e. The fourth-order valence-corrected chi connectivity index (χ4v) is 0. The Bertz CT molecular complexity index is 11.6. The van der Waals surface area contributed by atoms with Gasteiger partial charge in [0.1, 0.15) is 0 Å². The Balaban J connectivity index is 0. The van der Waals surface area contributed by atoms with Gasteiger partial charge >= 0.3 is 7.54 Å². The zero-order valence-corrected chi connectivity index (χ0v) is 7.92. The van der Waals surface area contributed by atoms with E-state index in [1.807, 2.05) is 0 Å². The quantitative estimate of drug-likeness (QED) is 0.572. The van der Waals surface area contributed by atoms with Crippen molar-refractivity contribution in [1.82, 2.24) is 0 Å². The van der Waals surface area contributed by atoms with Gasteiger partial charge in [-0.05, 0) is 0 Å². The molecule has 0 heterocycles. The second-order valence-electron chi connectivity index (χ2n) is 0.247. The number of rotatable bonds is 0. The van der Waals surface area contributed by atoms with Crippen molar-refractivity contribution in [2.24, 2.45) is 0 Å². The molecule has 0 atom stereocenters. The molecule has 0 N–H and O–H groups in total. The van der Waals surface area contributed by atoms with Crippen molar-refractivity contribution < 1.29 is 40.6 Å². The molecule has 0 saturated carbocycles. The first kappa shape index (κ1) is 9.25. The van der Waals surface area contributed by atoms with Gasteiger partial charge in [0.25, 0.3) is 0 Å². The standard InChI is InChI=1S/BF3.Hg/c2-1(3)4;. The summed E-state index contributed by atoms with van der Waals surface area (Å²) in [4.78, 5) is 0. The molecule has 5 heavy (non-hydrogen) atoms. The van der Waals surface area contributed by atoms with Gasteiger partial charge in [0, 0.05) is 27.7 Å². The smallest absolute Gasteiger partial charge is 0.254 e. The zero-order valence-electron chi connectivity index (χ0n) is 2.42. The van der Waals surface area contributed by atoms with Crippen molar-refractivity contribution in [3.05, 3.63) is 0 Å². The van der Waals surface area contributed by atoms with E-state index in [1.165, 1.54) is 0 Å². The molecule has 0 radical (unpaired) electrons. The molecule has 0 amide bonds. The SMILES string of the molecule is FB(F)F.[Hg]. The Kier molecular flexibility index (Phi) is 8.86. The average Bonchev–Trinajstić information content (AvgIpc) is 0.811. The molecule has 0 aromatic rings. The van der Waals surface area contributed by atoms with Crippen molar-refractivity contribution in [2.75, 3.05) is 0 Å². The third kappa shape index (κ3) is 59.7. The molecule has 0 aliphatic rings. The molecule has 0 nitrogen and oxygen atoms in total. The molecular weight excluding hydrogens is 268 g/mol. The second-order valence-corrected chi connectivity index (χ2v) is 0.247. The van der Waals surface area contributed by atoms with Crippen molar-refractivity contribution in [2.45, 2.75) is 0 Å². The van der Waals surface area contributed by atoms with E-state index < -0.39 is 7.54 Å². The van der Waals surface area contributed by atoms with Gasteiger partial charge in [-0.1, -0.05) is 0 Å². The van der Waals surface area contributed by atoms with Crippen LogP contribution < -0.4 is 0 Å². The van der Waals surface area contributed by atoms with Gasteiger partial charge in [-0.3, -0.25) is 12.9 Å². The Morgan fingerprint density at radius 1 is 1.00 bits per heavy atom. The maximum absolute atomic E-state index is 9.67. The van der Waals surface area contributed by atoms with Gasteiger partial charge in [-0.15, -0.1) is 0 Å². The summed E-state index contributed by atoms with van der Waals surface area (Å²) in [5.74, 6) is 0. The minimum absolute atomic E-state index is 0. The molecule has 0 aromatic carbocycles. The summed E-state index contributed by atoms with van der Waals surface area (Å²) in [6.45, 7) is 0. The summed E-state index contributed by atoms with van der Waals surface area (Å²) in [6, 6.07) is 0. The first-order valence-corrected chi connectivity index (χ1v) is 0.655. The van der Waals surface area contributed by atoms with Crippen LogP contribution in [0, 0.1) is 0 Å². The van der Waals surface area contributed by atoms with Crippen molar-refractivity contribution in [3.8, 4) is 0 Å². The van der Waals surface area contributed by atoms with Crippen LogP contribution in [0.3, 0.4) is 0 Å². The summed E-state index contributed by atoms with van der Waals surface area (Å²) in [6.07, 6.45) is 0. The van der Waals surface area contributed by atoms with Crippen LogP contribution in [0.15, 0.2) is 0 Å². The number of halogens is 3. The first-order chi connectivity index (χ1) is 1.73. The van der Waals surface area contributed by atoms with E-state index in [0.29, 0.717) is 0 Å². The van der Waals surface area contributed by atoms with Crippen LogP contribution in [0.5, 0.6) is 0 Å². The molecular formula is BF3Hg. The summed E-state index contributed by atoms with van der Waals surface area (Å²) in [5, 5.41) is 0. The molecule has 5 heteroatoms. The molecule has 0 rings (SSSR count). The third-order valence-corrected chi connectivity index (χ3v) is 0. The molecule has 0 unspecified atom stereocenters. The predicted octanol–water partition coefficient (Wildman–Crippen LogP) is 0.877. The molecule has 0 spiro atoms. The normalized spacial score (nSPS) is 5.40. The average molecular weight is 268 g/mol. The van der Waals surface area contributed by atoms with Gasteiger partial charge in [-0.25, -0.2) is 0 Å². The Labute approximate surface area is 48.5 Å². The van der Waals surface area contributed by atoms with E-state index in [2.05, 4.69) is 0 Å². The molecule has 0 bridgehead atoms. The second kappa shape index (κ2) is 4.79. The van der Waals surface area contributed by atoms with E-state index in [0.717, 1.165) is 0 Å². The van der Waals surface area contributed by atoms with E-state index in [1.54, 1.807) is 0 Å². The Hall–Kier alpha value is 0.790. The predicted molar refractivity (Wildman–Crippen MR) is 9.08 cm³/mol. The van der Waals surface area contributed by atoms with Gasteiger partial charge in [0.2, 0.25) is 0 Å². The van der Waals surface area contributed by atoms with Crippen LogP contribution in [0.25, 0.3) is 0 Å². The van der Waals surface area contributed by atoms with Gasteiger partial charge in [-0.2, -0.15) is 0 Å². The van der Waals surface area contributed by atoms with Crippen molar-refractivity contribution >= 4 is 7.54 Å². The summed E-state index contributed by atoms with van der Waals surface area (Å²) >= 11 is 0. The van der Waals surface area contributed by atoms with E-state index in [4.69, 9.17) is 0 Å². The van der Waals surface area contributed by atoms with Crippen LogP contribution in [0.4, 0.5) is 12.9 Å². The molecule has 0 fully saturated rings. The fourth-order valence-electron chi connectivity index (χ4n) is 0. The summed E-state index contributed by atoms with van der Waals surface area (Å²) in [7, 11) is -3.67. The monoisotopic (exact) mass is 270 g/mol. The van der Waals surface area contributed by atoms with E-state index >= 15 is 0 Å². The first-order valence-electron chi connectivity index (χ1n) is 0.655. The third-order valence-electron chi connectivity index (χ3n) is 0. The maximum atomic E-state index is 9.67. The molecule has 0 aromatic heterocycles. The molecule has 0 aliphatic heterocycles. The Morgan fingerprint density at radius 2 is 1.00 bits per heavy atom. The number of hydrogen-bond donors (Lipinski definition) is 0. The molecule has 0 aliphatic carbocycles. The van der Waals surface area contributed by atoms with Crippen LogP contribution in [0.2, 0.25) is 0 Å². The van der Waals surface area contributed by atoms with Crippen LogP contribution in [-0.4, -0.2) is 7.54 Å². The topological polar surface area (TPSA) is 0 Å². The van der Waals surface area contributed by atoms with Crippen LogP contribution >= 0.6 is 0 Å². The minimum Gasteiger partial charge on any atom is -0.254 e. The molecule has 0 saturated heterocycles. The van der Waals surface area contributed by atoms with Crippen LogP contribution in [-0.2, 0) is 27.7 Å². The largest absolute Gasteiger partial charge is 0.762 e. The molecule has 26 valence electrons. The fraction of sp³-hybridized carbons (Fsp3) is 0. The van der Waals surface area contributed by atoms with E-state index in [9.17, 15) is 12.9 Å². The zero-order chi connectivity index (χ0) is 3.58. The Morgan fingerprint density at radius 3 is 1.00 bits per heavy atom. The minimum atomic E-state index is -3.67. The number of hydrogen-bond acceptors (Lipinski definition) is 0. The van der Waals surface area contributed by atoms with Crippen molar-refractivity contribution in [3.63, 3.8) is 0 Å².